The lowest BCUT2D eigenvalue weighted by Crippen LogP contribution is -2.52. The Morgan fingerprint density at radius 1 is 1.10 bits per heavy atom. The molecule has 0 radical (unpaired) electrons. The number of pyridine rings is 1. The van der Waals surface area contributed by atoms with Crippen molar-refractivity contribution in [3.63, 3.8) is 0 Å². The maximum Gasteiger partial charge on any atom is 0.253 e. The van der Waals surface area contributed by atoms with Crippen molar-refractivity contribution in [2.75, 3.05) is 38.2 Å². The van der Waals surface area contributed by atoms with Crippen molar-refractivity contribution in [1.29, 1.82) is 0 Å². The third-order valence-corrected chi connectivity index (χ3v) is 6.68. The third-order valence-electron chi connectivity index (χ3n) is 5.74. The molecule has 3 aromatic rings. The summed E-state index contributed by atoms with van der Waals surface area (Å²) in [6.45, 7) is 5.84. The average molecular weight is 437 g/mol. The molecule has 2 aromatic heterocycles. The average Bonchev–Trinajstić information content (AvgIpc) is 3.34. The lowest BCUT2D eigenvalue weighted by Gasteiger charge is -2.42. The second-order valence-corrected chi connectivity index (χ2v) is 8.66. The maximum atomic E-state index is 12.7. The molecule has 4 rings (SSSR count). The SMILES string of the molecule is COc1ccc(N2CCN(C(c3cccs3)C(C)NC(=O)c3cccnc3)CC2)cc1. The molecule has 1 amide bonds. The van der Waals surface area contributed by atoms with Crippen molar-refractivity contribution in [3.8, 4) is 5.75 Å². The van der Waals surface area contributed by atoms with Crippen LogP contribution in [0.1, 0.15) is 28.2 Å². The summed E-state index contributed by atoms with van der Waals surface area (Å²) in [5, 5.41) is 5.30. The molecule has 0 aliphatic carbocycles. The van der Waals surface area contributed by atoms with Gasteiger partial charge in [0.2, 0.25) is 0 Å². The standard InChI is InChI=1S/C24H28N4O2S/c1-18(26-24(29)19-5-3-11-25-17-19)23(22-6-4-16-31-22)28-14-12-27(13-15-28)20-7-9-21(30-2)10-8-20/h3-11,16-18,23H,12-15H2,1-2H3,(H,26,29). The summed E-state index contributed by atoms with van der Waals surface area (Å²) < 4.78 is 5.27. The van der Waals surface area contributed by atoms with Crippen LogP contribution in [0.4, 0.5) is 5.69 Å². The highest BCUT2D eigenvalue weighted by Gasteiger charge is 2.31. The summed E-state index contributed by atoms with van der Waals surface area (Å²) >= 11 is 1.74. The van der Waals surface area contributed by atoms with Crippen LogP contribution in [0.3, 0.4) is 0 Å². The van der Waals surface area contributed by atoms with Gasteiger partial charge in [-0.1, -0.05) is 6.07 Å². The summed E-state index contributed by atoms with van der Waals surface area (Å²) in [7, 11) is 1.69. The fraction of sp³-hybridized carbons (Fsp3) is 0.333. The Balaban J connectivity index is 1.44. The first-order chi connectivity index (χ1) is 15.2. The van der Waals surface area contributed by atoms with E-state index >= 15 is 0 Å². The molecule has 1 aliphatic heterocycles. The molecule has 162 valence electrons. The summed E-state index contributed by atoms with van der Waals surface area (Å²) in [5.41, 5.74) is 1.80. The van der Waals surface area contributed by atoms with Crippen molar-refractivity contribution < 1.29 is 9.53 Å². The normalized spacial score (nSPS) is 16.5. The van der Waals surface area contributed by atoms with Crippen LogP contribution in [0.25, 0.3) is 0 Å². The van der Waals surface area contributed by atoms with E-state index in [0.29, 0.717) is 5.56 Å². The van der Waals surface area contributed by atoms with Crippen LogP contribution >= 0.6 is 11.3 Å². The number of thiophene rings is 1. The Labute approximate surface area is 187 Å². The molecule has 6 nitrogen and oxygen atoms in total. The molecular formula is C24H28N4O2S. The number of anilines is 1. The van der Waals surface area contributed by atoms with Crippen LogP contribution in [0.15, 0.2) is 66.3 Å². The lowest BCUT2D eigenvalue weighted by molar-refractivity contribution is 0.0890. The topological polar surface area (TPSA) is 57.7 Å². The number of piperazine rings is 1. The zero-order chi connectivity index (χ0) is 21.6. The number of methoxy groups -OCH3 is 1. The van der Waals surface area contributed by atoms with Gasteiger partial charge in [-0.25, -0.2) is 0 Å². The number of ether oxygens (including phenoxy) is 1. The Morgan fingerprint density at radius 3 is 2.48 bits per heavy atom. The van der Waals surface area contributed by atoms with E-state index < -0.39 is 0 Å². The van der Waals surface area contributed by atoms with Gasteiger partial charge in [-0.15, -0.1) is 11.3 Å². The van der Waals surface area contributed by atoms with Crippen LogP contribution in [-0.2, 0) is 0 Å². The number of carbonyl (C=O) groups is 1. The van der Waals surface area contributed by atoms with Gasteiger partial charge in [0.05, 0.1) is 18.7 Å². The van der Waals surface area contributed by atoms with E-state index in [1.165, 1.54) is 10.6 Å². The smallest absolute Gasteiger partial charge is 0.253 e. The van der Waals surface area contributed by atoms with Gasteiger partial charge in [-0.05, 0) is 54.8 Å². The minimum Gasteiger partial charge on any atom is -0.497 e. The van der Waals surface area contributed by atoms with E-state index in [9.17, 15) is 4.79 Å². The predicted octanol–water partition coefficient (Wildman–Crippen LogP) is 3.83. The van der Waals surface area contributed by atoms with Gasteiger partial charge in [0.25, 0.3) is 5.91 Å². The molecule has 1 aliphatic rings. The second-order valence-electron chi connectivity index (χ2n) is 7.69. The number of carbonyl (C=O) groups excluding carboxylic acids is 1. The number of nitrogens with one attached hydrogen (secondary N) is 1. The minimum atomic E-state index is -0.0842. The summed E-state index contributed by atoms with van der Waals surface area (Å²) in [4.78, 5) is 22.9. The van der Waals surface area contributed by atoms with Gasteiger partial charge >= 0.3 is 0 Å². The number of aromatic nitrogens is 1. The monoisotopic (exact) mass is 436 g/mol. The highest BCUT2D eigenvalue weighted by Crippen LogP contribution is 2.30. The van der Waals surface area contributed by atoms with Gasteiger partial charge in [-0.3, -0.25) is 14.7 Å². The Hall–Kier alpha value is -2.90. The molecule has 1 N–H and O–H groups in total. The van der Waals surface area contributed by atoms with Crippen molar-refractivity contribution >= 4 is 22.9 Å². The molecule has 2 atom stereocenters. The van der Waals surface area contributed by atoms with Crippen LogP contribution in [-0.4, -0.2) is 55.1 Å². The Kier molecular flexibility index (Phi) is 6.84. The molecule has 1 saturated heterocycles. The number of nitrogens with zero attached hydrogens (tertiary/aromatic N) is 3. The first-order valence-corrected chi connectivity index (χ1v) is 11.4. The molecule has 0 bridgehead atoms. The van der Waals surface area contributed by atoms with E-state index in [2.05, 4.69) is 56.7 Å². The van der Waals surface area contributed by atoms with Crippen LogP contribution < -0.4 is 15.0 Å². The molecule has 3 heterocycles. The molecular weight excluding hydrogens is 408 g/mol. The van der Waals surface area contributed by atoms with Gasteiger partial charge < -0.3 is 15.0 Å². The first-order valence-electron chi connectivity index (χ1n) is 10.5. The van der Waals surface area contributed by atoms with Crippen LogP contribution in [0.5, 0.6) is 5.75 Å². The van der Waals surface area contributed by atoms with Gasteiger partial charge in [0, 0.05) is 55.2 Å². The van der Waals surface area contributed by atoms with Crippen LogP contribution in [0.2, 0.25) is 0 Å². The second kappa shape index (κ2) is 9.94. The van der Waals surface area contributed by atoms with Crippen LogP contribution in [0, 0.1) is 0 Å². The van der Waals surface area contributed by atoms with E-state index in [4.69, 9.17) is 4.74 Å². The third kappa shape index (κ3) is 5.06. The van der Waals surface area contributed by atoms with Crippen molar-refractivity contribution in [2.24, 2.45) is 0 Å². The zero-order valence-electron chi connectivity index (χ0n) is 17.9. The molecule has 0 saturated carbocycles. The number of rotatable bonds is 7. The van der Waals surface area contributed by atoms with E-state index in [1.807, 2.05) is 12.1 Å². The van der Waals surface area contributed by atoms with Gasteiger partial charge in [0.1, 0.15) is 5.75 Å². The van der Waals surface area contributed by atoms with Gasteiger partial charge in [0.15, 0.2) is 0 Å². The maximum absolute atomic E-state index is 12.7. The molecule has 1 aromatic carbocycles. The van der Waals surface area contributed by atoms with E-state index in [1.54, 1.807) is 43.0 Å². The number of amides is 1. The summed E-state index contributed by atoms with van der Waals surface area (Å²) in [6, 6.07) is 16.2. The van der Waals surface area contributed by atoms with E-state index in [0.717, 1.165) is 31.9 Å². The van der Waals surface area contributed by atoms with Crippen molar-refractivity contribution in [1.82, 2.24) is 15.2 Å². The first kappa shape index (κ1) is 21.3. The largest absolute Gasteiger partial charge is 0.497 e. The molecule has 7 heteroatoms. The fourth-order valence-corrected chi connectivity index (χ4v) is 5.08. The van der Waals surface area contributed by atoms with Crippen molar-refractivity contribution in [3.05, 3.63) is 76.7 Å². The highest BCUT2D eigenvalue weighted by molar-refractivity contribution is 7.10. The highest BCUT2D eigenvalue weighted by atomic mass is 32.1. The fourth-order valence-electron chi connectivity index (χ4n) is 4.12. The summed E-state index contributed by atoms with van der Waals surface area (Å²) in [6.07, 6.45) is 3.28. The quantitative estimate of drug-likeness (QED) is 0.610. The molecule has 2 unspecified atom stereocenters. The molecule has 0 spiro atoms. The zero-order valence-corrected chi connectivity index (χ0v) is 18.7. The van der Waals surface area contributed by atoms with Crippen molar-refractivity contribution in [2.45, 2.75) is 19.0 Å². The van der Waals surface area contributed by atoms with Gasteiger partial charge in [-0.2, -0.15) is 0 Å². The van der Waals surface area contributed by atoms with E-state index in [-0.39, 0.29) is 18.0 Å². The molecule has 31 heavy (non-hydrogen) atoms. The lowest BCUT2D eigenvalue weighted by atomic mass is 10.0. The number of benzene rings is 1. The minimum absolute atomic E-state index is 0.0288. The Morgan fingerprint density at radius 2 is 1.87 bits per heavy atom. The number of hydrogen-bond donors (Lipinski definition) is 1. The number of hydrogen-bond acceptors (Lipinski definition) is 6. The summed E-state index contributed by atoms with van der Waals surface area (Å²) in [5.74, 6) is 0.789. The predicted molar refractivity (Wildman–Crippen MR) is 125 cm³/mol. The Bertz CT molecular complexity index is 955. The molecule has 1 fully saturated rings.